The van der Waals surface area contributed by atoms with Crippen LogP contribution >= 0.6 is 11.6 Å². The third kappa shape index (κ3) is 5.51. The van der Waals surface area contributed by atoms with Crippen LogP contribution in [0.5, 0.6) is 23.0 Å². The van der Waals surface area contributed by atoms with E-state index in [2.05, 4.69) is 6.07 Å². The summed E-state index contributed by atoms with van der Waals surface area (Å²) < 4.78 is 22.5. The van der Waals surface area contributed by atoms with Gasteiger partial charge in [0.2, 0.25) is 5.88 Å². The molecule has 35 heavy (non-hydrogen) atoms. The number of carbonyl (C=O) groups excluding carboxylic acids is 1. The molecule has 3 aromatic carbocycles. The Morgan fingerprint density at radius 1 is 1.06 bits per heavy atom. The van der Waals surface area contributed by atoms with E-state index in [0.717, 1.165) is 12.0 Å². The summed E-state index contributed by atoms with van der Waals surface area (Å²) in [5.74, 6) is 0.662. The molecule has 1 unspecified atom stereocenters. The fourth-order valence-electron chi connectivity index (χ4n) is 3.74. The zero-order chi connectivity index (χ0) is 24.8. The quantitative estimate of drug-likeness (QED) is 0.336. The van der Waals surface area contributed by atoms with Crippen LogP contribution in [0.4, 0.5) is 0 Å². The monoisotopic (exact) mass is 490 g/mol. The summed E-state index contributed by atoms with van der Waals surface area (Å²) in [5.41, 5.74) is 7.90. The van der Waals surface area contributed by atoms with Gasteiger partial charge in [-0.2, -0.15) is 5.26 Å². The number of para-hydroxylation sites is 1. The molecule has 0 radical (unpaired) electrons. The van der Waals surface area contributed by atoms with Crippen molar-refractivity contribution in [2.45, 2.75) is 19.3 Å². The lowest BCUT2D eigenvalue weighted by molar-refractivity contribution is -0.136. The summed E-state index contributed by atoms with van der Waals surface area (Å²) in [4.78, 5) is 12.3. The maximum Gasteiger partial charge on any atom is 0.349 e. The van der Waals surface area contributed by atoms with Gasteiger partial charge in [-0.3, -0.25) is 0 Å². The summed E-state index contributed by atoms with van der Waals surface area (Å²) in [5, 5.41) is 10.3. The minimum absolute atomic E-state index is 0.0111. The number of hydrogen-bond acceptors (Lipinski definition) is 7. The number of nitriles is 1. The number of nitrogens with zero attached hydrogens (tertiary/aromatic N) is 1. The fourth-order valence-corrected chi connectivity index (χ4v) is 3.92. The first kappa shape index (κ1) is 24.0. The molecule has 0 spiro atoms. The molecule has 0 bridgehead atoms. The second kappa shape index (κ2) is 10.9. The normalized spacial score (nSPS) is 14.4. The third-order valence-corrected chi connectivity index (χ3v) is 5.50. The second-order valence-corrected chi connectivity index (χ2v) is 8.17. The first-order chi connectivity index (χ1) is 17.0. The highest BCUT2D eigenvalue weighted by Crippen LogP contribution is 2.45. The Morgan fingerprint density at radius 2 is 1.89 bits per heavy atom. The number of benzene rings is 3. The average Bonchev–Trinajstić information content (AvgIpc) is 2.85. The van der Waals surface area contributed by atoms with E-state index in [4.69, 9.17) is 36.3 Å². The molecule has 0 fully saturated rings. The van der Waals surface area contributed by atoms with Crippen molar-refractivity contribution in [1.82, 2.24) is 0 Å². The Bertz CT molecular complexity index is 1310. The Labute approximate surface area is 208 Å². The summed E-state index contributed by atoms with van der Waals surface area (Å²) in [6.07, 6.45) is 0.845. The second-order valence-electron chi connectivity index (χ2n) is 7.73. The van der Waals surface area contributed by atoms with E-state index in [0.29, 0.717) is 34.4 Å². The molecule has 1 aliphatic rings. The van der Waals surface area contributed by atoms with Gasteiger partial charge in [0.05, 0.1) is 12.5 Å². The fraction of sp³-hybridized carbons (Fsp3) is 0.185. The zero-order valence-corrected chi connectivity index (χ0v) is 19.7. The topological polar surface area (TPSA) is 104 Å². The van der Waals surface area contributed by atoms with Crippen LogP contribution in [0.25, 0.3) is 0 Å². The van der Waals surface area contributed by atoms with E-state index in [9.17, 15) is 10.1 Å². The minimum Gasteiger partial charge on any atom is -0.493 e. The highest BCUT2D eigenvalue weighted by Gasteiger charge is 2.33. The van der Waals surface area contributed by atoms with Gasteiger partial charge in [0.25, 0.3) is 0 Å². The number of allylic oxidation sites excluding steroid dienone is 1. The highest BCUT2D eigenvalue weighted by molar-refractivity contribution is 6.30. The molecular weight excluding hydrogens is 468 g/mol. The van der Waals surface area contributed by atoms with Crippen LogP contribution < -0.4 is 24.7 Å². The number of halogens is 1. The molecule has 4 rings (SSSR count). The number of carbonyl (C=O) groups is 1. The van der Waals surface area contributed by atoms with Gasteiger partial charge in [-0.25, -0.2) is 4.79 Å². The van der Waals surface area contributed by atoms with Crippen LogP contribution in [0.1, 0.15) is 30.4 Å². The molecule has 3 aromatic rings. The molecule has 0 aliphatic carbocycles. The van der Waals surface area contributed by atoms with Crippen molar-refractivity contribution in [2.24, 2.45) is 5.73 Å². The largest absolute Gasteiger partial charge is 0.493 e. The molecule has 0 saturated heterocycles. The number of esters is 1. The first-order valence-corrected chi connectivity index (χ1v) is 11.4. The summed E-state index contributed by atoms with van der Waals surface area (Å²) in [7, 11) is 0. The Morgan fingerprint density at radius 3 is 2.66 bits per heavy atom. The Kier molecular flexibility index (Phi) is 7.44. The molecule has 2 N–H and O–H groups in total. The molecular formula is C27H23ClN2O5. The SMILES string of the molecule is CCCOc1ccccc1C1C(C#N)=C(N)Oc2cc(OC(=O)COc3cccc(Cl)c3)ccc21. The summed E-state index contributed by atoms with van der Waals surface area (Å²) in [6, 6.07) is 21.4. The van der Waals surface area contributed by atoms with Gasteiger partial charge >= 0.3 is 5.97 Å². The van der Waals surface area contributed by atoms with Crippen LogP contribution in [0.2, 0.25) is 5.02 Å². The first-order valence-electron chi connectivity index (χ1n) is 11.0. The Balaban J connectivity index is 1.58. The minimum atomic E-state index is -0.600. The molecule has 0 amide bonds. The van der Waals surface area contributed by atoms with Gasteiger partial charge in [0.15, 0.2) is 6.61 Å². The van der Waals surface area contributed by atoms with Gasteiger partial charge in [0.1, 0.15) is 34.6 Å². The van der Waals surface area contributed by atoms with Crippen molar-refractivity contribution < 1.29 is 23.7 Å². The average molecular weight is 491 g/mol. The van der Waals surface area contributed by atoms with Crippen LogP contribution in [0.3, 0.4) is 0 Å². The molecule has 7 nitrogen and oxygen atoms in total. The van der Waals surface area contributed by atoms with Crippen molar-refractivity contribution in [1.29, 1.82) is 5.26 Å². The van der Waals surface area contributed by atoms with E-state index in [1.54, 1.807) is 42.5 Å². The Hall–Kier alpha value is -4.15. The van der Waals surface area contributed by atoms with Gasteiger partial charge < -0.3 is 24.7 Å². The van der Waals surface area contributed by atoms with Crippen molar-refractivity contribution in [3.05, 3.63) is 94.3 Å². The molecule has 1 heterocycles. The number of ether oxygens (including phenoxy) is 4. The van der Waals surface area contributed by atoms with E-state index in [1.807, 2.05) is 31.2 Å². The van der Waals surface area contributed by atoms with E-state index in [-0.39, 0.29) is 23.8 Å². The number of hydrogen-bond donors (Lipinski definition) is 1. The van der Waals surface area contributed by atoms with Gasteiger partial charge in [-0.15, -0.1) is 0 Å². The third-order valence-electron chi connectivity index (χ3n) is 5.27. The molecule has 0 saturated carbocycles. The van der Waals surface area contributed by atoms with Crippen molar-refractivity contribution in [3.8, 4) is 29.1 Å². The summed E-state index contributed by atoms with van der Waals surface area (Å²) in [6.45, 7) is 2.26. The highest BCUT2D eigenvalue weighted by atomic mass is 35.5. The number of rotatable bonds is 8. The number of fused-ring (bicyclic) bond motifs is 1. The number of nitrogens with two attached hydrogens (primary N) is 1. The standard InChI is InChI=1S/C27H23ClN2O5/c1-2-12-32-23-9-4-3-8-20(23)26-21-11-10-19(14-24(21)35-27(30)22(26)15-29)34-25(31)16-33-18-7-5-6-17(28)13-18/h3-11,13-14,26H,2,12,16,30H2,1H3. The van der Waals surface area contributed by atoms with Crippen molar-refractivity contribution >= 4 is 17.6 Å². The van der Waals surface area contributed by atoms with Crippen molar-refractivity contribution in [2.75, 3.05) is 13.2 Å². The van der Waals surface area contributed by atoms with Crippen LogP contribution in [0.15, 0.2) is 78.2 Å². The van der Waals surface area contributed by atoms with Gasteiger partial charge in [-0.1, -0.05) is 48.9 Å². The smallest absolute Gasteiger partial charge is 0.349 e. The van der Waals surface area contributed by atoms with Crippen LogP contribution in [-0.4, -0.2) is 19.2 Å². The molecule has 0 aromatic heterocycles. The van der Waals surface area contributed by atoms with Crippen molar-refractivity contribution in [3.63, 3.8) is 0 Å². The maximum absolute atomic E-state index is 12.3. The van der Waals surface area contributed by atoms with Gasteiger partial charge in [-0.05, 0) is 36.8 Å². The van der Waals surface area contributed by atoms with E-state index >= 15 is 0 Å². The van der Waals surface area contributed by atoms with E-state index < -0.39 is 11.9 Å². The molecule has 178 valence electrons. The predicted molar refractivity (Wildman–Crippen MR) is 131 cm³/mol. The lowest BCUT2D eigenvalue weighted by Gasteiger charge is -2.28. The van der Waals surface area contributed by atoms with E-state index in [1.165, 1.54) is 0 Å². The predicted octanol–water partition coefficient (Wildman–Crippen LogP) is 5.33. The lowest BCUT2D eigenvalue weighted by atomic mass is 9.83. The molecule has 1 aliphatic heterocycles. The van der Waals surface area contributed by atoms with Crippen LogP contribution in [0, 0.1) is 11.3 Å². The molecule has 1 atom stereocenters. The van der Waals surface area contributed by atoms with Crippen LogP contribution in [-0.2, 0) is 4.79 Å². The van der Waals surface area contributed by atoms with Gasteiger partial charge in [0, 0.05) is 22.2 Å². The summed E-state index contributed by atoms with van der Waals surface area (Å²) >= 11 is 5.93. The molecule has 8 heteroatoms. The maximum atomic E-state index is 12.3. The zero-order valence-electron chi connectivity index (χ0n) is 19.0. The lowest BCUT2D eigenvalue weighted by Crippen LogP contribution is -2.22.